The van der Waals surface area contributed by atoms with E-state index in [4.69, 9.17) is 0 Å². The van der Waals surface area contributed by atoms with Gasteiger partial charge in [0.05, 0.1) is 11.6 Å². The van der Waals surface area contributed by atoms with E-state index in [-0.39, 0.29) is 23.1 Å². The molecule has 0 aromatic heterocycles. The van der Waals surface area contributed by atoms with Gasteiger partial charge in [0.2, 0.25) is 5.91 Å². The van der Waals surface area contributed by atoms with Crippen LogP contribution >= 0.6 is 0 Å². The first-order chi connectivity index (χ1) is 8.75. The van der Waals surface area contributed by atoms with Crippen molar-refractivity contribution in [2.24, 2.45) is 11.3 Å². The number of hydrogen-bond acceptors (Lipinski definition) is 3. The lowest BCUT2D eigenvalue weighted by molar-refractivity contribution is -0.137. The fourth-order valence-corrected chi connectivity index (χ4v) is 3.92. The van der Waals surface area contributed by atoms with Gasteiger partial charge in [-0.25, -0.2) is 0 Å². The van der Waals surface area contributed by atoms with Crippen LogP contribution in [0.4, 0.5) is 0 Å². The lowest BCUT2D eigenvalue weighted by atomic mass is 9.59. The highest BCUT2D eigenvalue weighted by Crippen LogP contribution is 2.53. The van der Waals surface area contributed by atoms with Gasteiger partial charge < -0.3 is 10.0 Å². The number of nitriles is 1. The highest BCUT2D eigenvalue weighted by molar-refractivity contribution is 5.77. The molecule has 0 spiro atoms. The van der Waals surface area contributed by atoms with Gasteiger partial charge in [-0.15, -0.1) is 0 Å². The molecule has 1 fully saturated rings. The molecule has 0 bridgehead atoms. The van der Waals surface area contributed by atoms with Crippen molar-refractivity contribution in [1.82, 2.24) is 4.90 Å². The largest absolute Gasteiger partial charge is 0.511 e. The summed E-state index contributed by atoms with van der Waals surface area (Å²) in [5.41, 5.74) is -0.420. The summed E-state index contributed by atoms with van der Waals surface area (Å²) in [6.45, 7) is 6.00. The third-order valence-electron chi connectivity index (χ3n) is 5.21. The van der Waals surface area contributed by atoms with Crippen molar-refractivity contribution in [1.29, 1.82) is 5.26 Å². The molecule has 2 aliphatic rings. The topological polar surface area (TPSA) is 64.3 Å². The third-order valence-corrected chi connectivity index (χ3v) is 5.21. The predicted octanol–water partition coefficient (Wildman–Crippen LogP) is 2.77. The van der Waals surface area contributed by atoms with Crippen molar-refractivity contribution in [2.75, 3.05) is 7.05 Å². The minimum absolute atomic E-state index is 0.138. The summed E-state index contributed by atoms with van der Waals surface area (Å²) < 4.78 is 0. The number of likely N-dealkylation sites (tertiary alicyclic amines) is 1. The van der Waals surface area contributed by atoms with Crippen LogP contribution in [0.1, 0.15) is 46.5 Å². The molecule has 0 unspecified atom stereocenters. The van der Waals surface area contributed by atoms with Gasteiger partial charge in [-0.05, 0) is 25.7 Å². The van der Waals surface area contributed by atoms with Crippen molar-refractivity contribution in [3.05, 3.63) is 11.3 Å². The summed E-state index contributed by atoms with van der Waals surface area (Å²) in [6, 6.07) is 2.11. The first-order valence-electron chi connectivity index (χ1n) is 6.84. The average Bonchev–Trinajstić information content (AvgIpc) is 2.46. The van der Waals surface area contributed by atoms with Gasteiger partial charge in [-0.2, -0.15) is 5.26 Å². The van der Waals surface area contributed by atoms with Gasteiger partial charge in [-0.3, -0.25) is 4.79 Å². The second-order valence-corrected chi connectivity index (χ2v) is 6.59. The summed E-state index contributed by atoms with van der Waals surface area (Å²) in [6.07, 6.45) is 2.76. The van der Waals surface area contributed by atoms with Crippen molar-refractivity contribution in [2.45, 2.75) is 52.0 Å². The van der Waals surface area contributed by atoms with E-state index < -0.39 is 5.41 Å². The average molecular weight is 262 g/mol. The number of aliphatic hydroxyl groups is 1. The zero-order chi connectivity index (χ0) is 14.4. The van der Waals surface area contributed by atoms with Gasteiger partial charge in [0, 0.05) is 30.8 Å². The van der Waals surface area contributed by atoms with Crippen LogP contribution in [0.5, 0.6) is 0 Å². The van der Waals surface area contributed by atoms with Crippen LogP contribution in [0.15, 0.2) is 11.3 Å². The molecule has 1 heterocycles. The van der Waals surface area contributed by atoms with Crippen molar-refractivity contribution in [3.63, 3.8) is 0 Å². The van der Waals surface area contributed by atoms with Crippen LogP contribution in [0.25, 0.3) is 0 Å². The van der Waals surface area contributed by atoms with Crippen LogP contribution in [-0.4, -0.2) is 28.5 Å². The van der Waals surface area contributed by atoms with Crippen LogP contribution in [0.3, 0.4) is 0 Å². The van der Waals surface area contributed by atoms with Crippen LogP contribution < -0.4 is 0 Å². The number of carbonyl (C=O) groups excluding carboxylic acids is 1. The zero-order valence-corrected chi connectivity index (χ0v) is 12.2. The van der Waals surface area contributed by atoms with E-state index in [9.17, 15) is 15.2 Å². The molecule has 0 aromatic rings. The Morgan fingerprint density at radius 2 is 2.05 bits per heavy atom. The zero-order valence-electron chi connectivity index (χ0n) is 12.2. The van der Waals surface area contributed by atoms with E-state index in [0.717, 1.165) is 12.8 Å². The first kappa shape index (κ1) is 13.9. The van der Waals surface area contributed by atoms with E-state index in [2.05, 4.69) is 6.07 Å². The van der Waals surface area contributed by atoms with E-state index in [1.165, 1.54) is 0 Å². The Hall–Kier alpha value is -1.50. The van der Waals surface area contributed by atoms with Crippen molar-refractivity contribution in [3.8, 4) is 6.07 Å². The number of hydrogen-bond donors (Lipinski definition) is 1. The van der Waals surface area contributed by atoms with Crippen LogP contribution in [-0.2, 0) is 4.79 Å². The maximum atomic E-state index is 12.1. The van der Waals surface area contributed by atoms with E-state index in [0.29, 0.717) is 18.4 Å². The molecule has 1 amide bonds. The number of nitrogens with zero attached hydrogens (tertiary/aromatic N) is 2. The molecule has 0 radical (unpaired) electrons. The van der Waals surface area contributed by atoms with Crippen molar-refractivity contribution >= 4 is 5.91 Å². The van der Waals surface area contributed by atoms with Gasteiger partial charge in [0.15, 0.2) is 0 Å². The fraction of sp³-hybridized carbons (Fsp3) is 0.733. The quantitative estimate of drug-likeness (QED) is 0.730. The monoisotopic (exact) mass is 262 g/mol. The maximum absolute atomic E-state index is 12.1. The summed E-state index contributed by atoms with van der Waals surface area (Å²) in [5.74, 6) is 0.522. The Morgan fingerprint density at radius 3 is 2.63 bits per heavy atom. The molecule has 1 saturated heterocycles. The Balaban J connectivity index is 2.58. The van der Waals surface area contributed by atoms with Crippen LogP contribution in [0, 0.1) is 22.7 Å². The molecule has 4 heteroatoms. The van der Waals surface area contributed by atoms with Gasteiger partial charge in [0.1, 0.15) is 5.76 Å². The van der Waals surface area contributed by atoms with E-state index in [1.54, 1.807) is 4.90 Å². The lowest BCUT2D eigenvalue weighted by Crippen LogP contribution is -2.57. The molecular weight excluding hydrogens is 240 g/mol. The summed E-state index contributed by atoms with van der Waals surface area (Å²) in [5, 5.41) is 19.6. The fourth-order valence-electron chi connectivity index (χ4n) is 3.92. The second-order valence-electron chi connectivity index (χ2n) is 6.59. The molecule has 1 aliphatic carbocycles. The molecule has 0 aromatic carbocycles. The first-order valence-corrected chi connectivity index (χ1v) is 6.84. The number of amides is 1. The predicted molar refractivity (Wildman–Crippen MR) is 72.2 cm³/mol. The minimum Gasteiger partial charge on any atom is -0.511 e. The number of fused-ring (bicyclic) bond motifs is 1. The smallest absolute Gasteiger partial charge is 0.222 e. The highest BCUT2D eigenvalue weighted by atomic mass is 16.3. The summed E-state index contributed by atoms with van der Waals surface area (Å²) in [7, 11) is 1.83. The van der Waals surface area contributed by atoms with Gasteiger partial charge >= 0.3 is 0 Å². The molecule has 2 rings (SSSR count). The molecular formula is C15H22N2O2. The molecule has 104 valence electrons. The normalized spacial score (nSPS) is 34.6. The van der Waals surface area contributed by atoms with Crippen molar-refractivity contribution < 1.29 is 9.90 Å². The standard InChI is InChI=1S/C15H22N2O2/c1-14(2)11-6-5-7-12(18)17(4)15(11,3)8-10(9-16)13(14)19/h11,19H,5-8H2,1-4H3/t11-,15-/m0/s1. The number of allylic oxidation sites excluding steroid dienone is 1. The Labute approximate surface area is 114 Å². The van der Waals surface area contributed by atoms with Gasteiger partial charge in [-0.1, -0.05) is 13.8 Å². The molecule has 2 atom stereocenters. The molecule has 4 nitrogen and oxygen atoms in total. The number of carbonyl (C=O) groups is 1. The minimum atomic E-state index is -0.461. The number of aliphatic hydroxyl groups excluding tert-OH is 1. The highest BCUT2D eigenvalue weighted by Gasteiger charge is 2.54. The molecule has 0 saturated carbocycles. The second kappa shape index (κ2) is 4.26. The lowest BCUT2D eigenvalue weighted by Gasteiger charge is -2.52. The van der Waals surface area contributed by atoms with E-state index in [1.807, 2.05) is 27.8 Å². The SMILES string of the molecule is CN1C(=O)CCC[C@H]2C(C)(C)C(O)=C(C#N)C[C@@]21C. The van der Waals surface area contributed by atoms with Gasteiger partial charge in [0.25, 0.3) is 0 Å². The number of rotatable bonds is 0. The Kier molecular flexibility index (Phi) is 3.12. The molecule has 19 heavy (non-hydrogen) atoms. The molecule has 1 aliphatic heterocycles. The maximum Gasteiger partial charge on any atom is 0.222 e. The summed E-state index contributed by atoms with van der Waals surface area (Å²) >= 11 is 0. The Morgan fingerprint density at radius 1 is 1.42 bits per heavy atom. The Bertz CT molecular complexity index is 487. The van der Waals surface area contributed by atoms with E-state index >= 15 is 0 Å². The third kappa shape index (κ3) is 1.83. The van der Waals surface area contributed by atoms with Crippen LogP contribution in [0.2, 0.25) is 0 Å². The molecule has 1 N–H and O–H groups in total. The summed E-state index contributed by atoms with van der Waals surface area (Å²) in [4.78, 5) is 13.9.